The van der Waals surface area contributed by atoms with Gasteiger partial charge in [0.2, 0.25) is 5.91 Å². The second-order valence-corrected chi connectivity index (χ2v) is 6.50. The molecule has 3 heteroatoms. The zero-order valence-corrected chi connectivity index (χ0v) is 13.8. The number of anilines is 1. The minimum Gasteiger partial charge on any atom is -0.324 e. The molecule has 0 radical (unpaired) electrons. The first-order valence-electron chi connectivity index (χ1n) is 8.09. The van der Waals surface area contributed by atoms with Crippen LogP contribution in [-0.4, -0.2) is 30.4 Å². The molecule has 0 aromatic heterocycles. The fourth-order valence-corrected chi connectivity index (χ4v) is 2.98. The van der Waals surface area contributed by atoms with E-state index in [4.69, 9.17) is 0 Å². The smallest absolute Gasteiger partial charge is 0.238 e. The first-order chi connectivity index (χ1) is 9.99. The van der Waals surface area contributed by atoms with Gasteiger partial charge in [0.15, 0.2) is 0 Å². The molecule has 116 valence electrons. The fraction of sp³-hybridized carbons (Fsp3) is 0.611. The van der Waals surface area contributed by atoms with Gasteiger partial charge in [-0.15, -0.1) is 0 Å². The lowest BCUT2D eigenvalue weighted by molar-refractivity contribution is -0.117. The van der Waals surface area contributed by atoms with Crippen LogP contribution in [0, 0.1) is 26.7 Å². The molecule has 0 heterocycles. The Morgan fingerprint density at radius 1 is 1.24 bits per heavy atom. The van der Waals surface area contributed by atoms with Crippen molar-refractivity contribution in [1.29, 1.82) is 0 Å². The second kappa shape index (κ2) is 7.08. The van der Waals surface area contributed by atoms with Crippen LogP contribution >= 0.6 is 0 Å². The number of nitrogens with one attached hydrogen (secondary N) is 1. The molecule has 21 heavy (non-hydrogen) atoms. The standard InChI is InChI=1S/C18H28N2O/c1-5-8-20(11-16-6-7-16)12-17(21)19-18-14(3)9-13(2)10-15(18)4/h9-10,16H,5-8,11-12H2,1-4H3,(H,19,21). The summed E-state index contributed by atoms with van der Waals surface area (Å²) >= 11 is 0. The Kier molecular flexibility index (Phi) is 5.40. The zero-order chi connectivity index (χ0) is 15.4. The third-order valence-electron chi connectivity index (χ3n) is 4.06. The van der Waals surface area contributed by atoms with E-state index in [0.717, 1.165) is 42.2 Å². The predicted molar refractivity (Wildman–Crippen MR) is 88.7 cm³/mol. The first-order valence-corrected chi connectivity index (χ1v) is 8.09. The van der Waals surface area contributed by atoms with Crippen molar-refractivity contribution in [2.45, 2.75) is 47.0 Å². The van der Waals surface area contributed by atoms with Crippen LogP contribution in [0.4, 0.5) is 5.69 Å². The minimum atomic E-state index is 0.110. The van der Waals surface area contributed by atoms with Gasteiger partial charge in [-0.2, -0.15) is 0 Å². The van der Waals surface area contributed by atoms with Crippen LogP contribution in [-0.2, 0) is 4.79 Å². The van der Waals surface area contributed by atoms with E-state index in [-0.39, 0.29) is 5.91 Å². The summed E-state index contributed by atoms with van der Waals surface area (Å²) in [6, 6.07) is 4.24. The van der Waals surface area contributed by atoms with Crippen LogP contribution in [0.3, 0.4) is 0 Å². The number of carbonyl (C=O) groups excluding carboxylic acids is 1. The number of carbonyl (C=O) groups is 1. The van der Waals surface area contributed by atoms with Crippen LogP contribution < -0.4 is 5.32 Å². The molecule has 0 aliphatic heterocycles. The molecular weight excluding hydrogens is 260 g/mol. The summed E-state index contributed by atoms with van der Waals surface area (Å²) in [4.78, 5) is 14.6. The van der Waals surface area contributed by atoms with Gasteiger partial charge in [0.05, 0.1) is 6.54 Å². The maximum absolute atomic E-state index is 12.3. The lowest BCUT2D eigenvalue weighted by Gasteiger charge is -2.21. The first kappa shape index (κ1) is 16.0. The third kappa shape index (κ3) is 4.85. The molecule has 1 amide bonds. The third-order valence-corrected chi connectivity index (χ3v) is 4.06. The van der Waals surface area contributed by atoms with Gasteiger partial charge in [0, 0.05) is 12.2 Å². The number of hydrogen-bond acceptors (Lipinski definition) is 2. The molecule has 0 saturated heterocycles. The van der Waals surface area contributed by atoms with E-state index in [0.29, 0.717) is 6.54 Å². The van der Waals surface area contributed by atoms with E-state index in [1.807, 2.05) is 0 Å². The van der Waals surface area contributed by atoms with Crippen molar-refractivity contribution in [3.05, 3.63) is 28.8 Å². The Morgan fingerprint density at radius 3 is 2.38 bits per heavy atom. The number of hydrogen-bond donors (Lipinski definition) is 1. The lowest BCUT2D eigenvalue weighted by Crippen LogP contribution is -2.35. The summed E-state index contributed by atoms with van der Waals surface area (Å²) < 4.78 is 0. The number of amides is 1. The Morgan fingerprint density at radius 2 is 1.86 bits per heavy atom. The number of rotatable bonds is 7. The van der Waals surface area contributed by atoms with Gasteiger partial charge in [0.1, 0.15) is 0 Å². The Balaban J connectivity index is 1.96. The molecule has 0 unspecified atom stereocenters. The van der Waals surface area contributed by atoms with Crippen molar-refractivity contribution < 1.29 is 4.79 Å². The van der Waals surface area contributed by atoms with Crippen LogP contribution in [0.1, 0.15) is 42.9 Å². The monoisotopic (exact) mass is 288 g/mol. The van der Waals surface area contributed by atoms with E-state index in [1.165, 1.54) is 18.4 Å². The maximum atomic E-state index is 12.3. The Bertz CT molecular complexity index is 483. The predicted octanol–water partition coefficient (Wildman–Crippen LogP) is 3.67. The van der Waals surface area contributed by atoms with Gasteiger partial charge in [-0.05, 0) is 63.6 Å². The summed E-state index contributed by atoms with van der Waals surface area (Å²) in [5.41, 5.74) is 4.51. The second-order valence-electron chi connectivity index (χ2n) is 6.50. The summed E-state index contributed by atoms with van der Waals surface area (Å²) in [6.45, 7) is 11.0. The van der Waals surface area contributed by atoms with E-state index < -0.39 is 0 Å². The minimum absolute atomic E-state index is 0.110. The molecule has 1 aromatic carbocycles. The van der Waals surface area contributed by atoms with E-state index in [2.05, 4.69) is 50.0 Å². The highest BCUT2D eigenvalue weighted by Crippen LogP contribution is 2.29. The van der Waals surface area contributed by atoms with Crippen LogP contribution in [0.15, 0.2) is 12.1 Å². The molecular formula is C18H28N2O. The van der Waals surface area contributed by atoms with Crippen molar-refractivity contribution in [1.82, 2.24) is 4.90 Å². The van der Waals surface area contributed by atoms with Crippen molar-refractivity contribution in [3.63, 3.8) is 0 Å². The van der Waals surface area contributed by atoms with Crippen molar-refractivity contribution in [2.24, 2.45) is 5.92 Å². The molecule has 1 saturated carbocycles. The lowest BCUT2D eigenvalue weighted by atomic mass is 10.1. The topological polar surface area (TPSA) is 32.3 Å². The van der Waals surface area contributed by atoms with Crippen molar-refractivity contribution >= 4 is 11.6 Å². The van der Waals surface area contributed by atoms with Gasteiger partial charge in [0.25, 0.3) is 0 Å². The largest absolute Gasteiger partial charge is 0.324 e. The highest BCUT2D eigenvalue weighted by Gasteiger charge is 2.25. The zero-order valence-electron chi connectivity index (χ0n) is 13.8. The maximum Gasteiger partial charge on any atom is 0.238 e. The van der Waals surface area contributed by atoms with Gasteiger partial charge in [-0.3, -0.25) is 9.69 Å². The summed E-state index contributed by atoms with van der Waals surface area (Å²) in [5, 5.41) is 3.11. The molecule has 1 fully saturated rings. The molecule has 0 atom stereocenters. The van der Waals surface area contributed by atoms with Crippen molar-refractivity contribution in [3.8, 4) is 0 Å². The van der Waals surface area contributed by atoms with Gasteiger partial charge in [-0.25, -0.2) is 0 Å². The van der Waals surface area contributed by atoms with Gasteiger partial charge in [-0.1, -0.05) is 24.6 Å². The van der Waals surface area contributed by atoms with Crippen LogP contribution in [0.25, 0.3) is 0 Å². The van der Waals surface area contributed by atoms with Crippen LogP contribution in [0.2, 0.25) is 0 Å². The number of benzene rings is 1. The molecule has 0 spiro atoms. The average Bonchev–Trinajstić information content (AvgIpc) is 3.18. The van der Waals surface area contributed by atoms with Gasteiger partial charge >= 0.3 is 0 Å². The molecule has 0 bridgehead atoms. The Hall–Kier alpha value is -1.35. The SMILES string of the molecule is CCCN(CC(=O)Nc1c(C)cc(C)cc1C)CC1CC1. The summed E-state index contributed by atoms with van der Waals surface area (Å²) in [7, 11) is 0. The van der Waals surface area contributed by atoms with Crippen molar-refractivity contribution in [2.75, 3.05) is 25.0 Å². The van der Waals surface area contributed by atoms with Crippen LogP contribution in [0.5, 0.6) is 0 Å². The highest BCUT2D eigenvalue weighted by atomic mass is 16.2. The normalized spacial score (nSPS) is 14.5. The quantitative estimate of drug-likeness (QED) is 0.830. The average molecular weight is 288 g/mol. The fourth-order valence-electron chi connectivity index (χ4n) is 2.98. The van der Waals surface area contributed by atoms with E-state index in [9.17, 15) is 4.79 Å². The number of aryl methyl sites for hydroxylation is 3. The van der Waals surface area contributed by atoms with Gasteiger partial charge < -0.3 is 5.32 Å². The molecule has 3 nitrogen and oxygen atoms in total. The molecule has 1 aromatic rings. The van der Waals surface area contributed by atoms with E-state index >= 15 is 0 Å². The molecule has 1 N–H and O–H groups in total. The highest BCUT2D eigenvalue weighted by molar-refractivity contribution is 5.93. The summed E-state index contributed by atoms with van der Waals surface area (Å²) in [5.74, 6) is 0.936. The number of nitrogens with zero attached hydrogens (tertiary/aromatic N) is 1. The molecule has 1 aliphatic carbocycles. The molecule has 2 rings (SSSR count). The summed E-state index contributed by atoms with van der Waals surface area (Å²) in [6.07, 6.45) is 3.76. The molecule has 1 aliphatic rings. The van der Waals surface area contributed by atoms with E-state index in [1.54, 1.807) is 0 Å². The Labute approximate surface area is 128 Å².